The second-order valence-corrected chi connectivity index (χ2v) is 5.19. The Hall–Kier alpha value is -2.70. The topological polar surface area (TPSA) is 77.3 Å². The van der Waals surface area contributed by atoms with Gasteiger partial charge in [0, 0.05) is 18.7 Å². The number of anilines is 1. The van der Waals surface area contributed by atoms with Gasteiger partial charge in [0.1, 0.15) is 12.7 Å². The van der Waals surface area contributed by atoms with Crippen molar-refractivity contribution in [3.05, 3.63) is 42.5 Å². The highest BCUT2D eigenvalue weighted by atomic mass is 16.5. The van der Waals surface area contributed by atoms with E-state index in [0.717, 1.165) is 11.3 Å². The Morgan fingerprint density at radius 3 is 3.05 bits per heavy atom. The summed E-state index contributed by atoms with van der Waals surface area (Å²) in [6, 6.07) is 7.64. The van der Waals surface area contributed by atoms with Crippen molar-refractivity contribution in [1.29, 1.82) is 0 Å². The van der Waals surface area contributed by atoms with Crippen molar-refractivity contribution < 1.29 is 14.3 Å². The molecule has 1 aromatic heterocycles. The van der Waals surface area contributed by atoms with Gasteiger partial charge in [-0.15, -0.1) is 0 Å². The standard InChI is InChI=1S/C15H16N4O3/c1-22-15(21)12-6-14(20)19(8-12)13-4-2-3-11(5-13)7-18-10-16-9-17-18/h2-5,9-10,12H,6-8H2,1H3. The molecule has 0 N–H and O–H groups in total. The lowest BCUT2D eigenvalue weighted by Crippen LogP contribution is -2.26. The number of hydrogen-bond donors (Lipinski definition) is 0. The summed E-state index contributed by atoms with van der Waals surface area (Å²) in [5.74, 6) is -0.792. The number of benzene rings is 1. The molecule has 22 heavy (non-hydrogen) atoms. The second kappa shape index (κ2) is 5.97. The fourth-order valence-corrected chi connectivity index (χ4v) is 2.61. The monoisotopic (exact) mass is 300 g/mol. The third-order valence-electron chi connectivity index (χ3n) is 3.69. The minimum atomic E-state index is -0.392. The highest BCUT2D eigenvalue weighted by Gasteiger charge is 2.35. The number of ether oxygens (including phenoxy) is 1. The SMILES string of the molecule is COC(=O)C1CC(=O)N(c2cccc(Cn3cncn3)c2)C1. The molecule has 1 atom stereocenters. The average Bonchev–Trinajstić information content (AvgIpc) is 3.16. The van der Waals surface area contributed by atoms with Crippen LogP contribution in [0.3, 0.4) is 0 Å². The van der Waals surface area contributed by atoms with E-state index in [2.05, 4.69) is 10.1 Å². The van der Waals surface area contributed by atoms with Gasteiger partial charge >= 0.3 is 5.97 Å². The number of amides is 1. The summed E-state index contributed by atoms with van der Waals surface area (Å²) in [5.41, 5.74) is 1.80. The van der Waals surface area contributed by atoms with Crippen molar-refractivity contribution in [2.75, 3.05) is 18.6 Å². The Balaban J connectivity index is 1.77. The van der Waals surface area contributed by atoms with Gasteiger partial charge in [-0.3, -0.25) is 9.59 Å². The summed E-state index contributed by atoms with van der Waals surface area (Å²) in [7, 11) is 1.34. The van der Waals surface area contributed by atoms with Crippen molar-refractivity contribution in [3.63, 3.8) is 0 Å². The summed E-state index contributed by atoms with van der Waals surface area (Å²) in [4.78, 5) is 29.3. The van der Waals surface area contributed by atoms with E-state index in [0.29, 0.717) is 13.1 Å². The van der Waals surface area contributed by atoms with Crippen LogP contribution in [0.4, 0.5) is 5.69 Å². The van der Waals surface area contributed by atoms with Crippen molar-refractivity contribution in [2.45, 2.75) is 13.0 Å². The molecule has 1 aliphatic heterocycles. The number of rotatable bonds is 4. The Morgan fingerprint density at radius 2 is 2.32 bits per heavy atom. The highest BCUT2D eigenvalue weighted by Crippen LogP contribution is 2.26. The number of nitrogens with zero attached hydrogens (tertiary/aromatic N) is 4. The first-order valence-corrected chi connectivity index (χ1v) is 6.97. The van der Waals surface area contributed by atoms with Crippen LogP contribution in [-0.2, 0) is 20.9 Å². The van der Waals surface area contributed by atoms with E-state index < -0.39 is 5.92 Å². The van der Waals surface area contributed by atoms with E-state index >= 15 is 0 Å². The molecule has 1 fully saturated rings. The van der Waals surface area contributed by atoms with Gasteiger partial charge in [0.2, 0.25) is 5.91 Å². The van der Waals surface area contributed by atoms with Gasteiger partial charge in [-0.05, 0) is 17.7 Å². The van der Waals surface area contributed by atoms with Gasteiger partial charge in [0.15, 0.2) is 0 Å². The minimum absolute atomic E-state index is 0.0618. The molecule has 7 nitrogen and oxygen atoms in total. The lowest BCUT2D eigenvalue weighted by atomic mass is 10.1. The molecule has 0 spiro atoms. The van der Waals surface area contributed by atoms with E-state index in [9.17, 15) is 9.59 Å². The first kappa shape index (κ1) is 14.2. The Kier molecular flexibility index (Phi) is 3.86. The summed E-state index contributed by atoms with van der Waals surface area (Å²) in [6.45, 7) is 0.939. The molecule has 3 rings (SSSR count). The first-order valence-electron chi connectivity index (χ1n) is 6.97. The zero-order valence-corrected chi connectivity index (χ0v) is 12.2. The fraction of sp³-hybridized carbons (Fsp3) is 0.333. The molecule has 0 radical (unpaired) electrons. The molecule has 1 amide bonds. The Labute approximate surface area is 127 Å². The van der Waals surface area contributed by atoms with Crippen LogP contribution >= 0.6 is 0 Å². The zero-order chi connectivity index (χ0) is 15.5. The molecule has 2 aromatic rings. The molecule has 1 saturated heterocycles. The molecule has 0 aliphatic carbocycles. The number of esters is 1. The van der Waals surface area contributed by atoms with E-state index in [1.807, 2.05) is 24.3 Å². The minimum Gasteiger partial charge on any atom is -0.469 e. The van der Waals surface area contributed by atoms with Gasteiger partial charge in [0.25, 0.3) is 0 Å². The van der Waals surface area contributed by atoms with E-state index in [4.69, 9.17) is 4.74 Å². The third kappa shape index (κ3) is 2.83. The van der Waals surface area contributed by atoms with Crippen molar-refractivity contribution in [3.8, 4) is 0 Å². The van der Waals surface area contributed by atoms with Crippen molar-refractivity contribution >= 4 is 17.6 Å². The van der Waals surface area contributed by atoms with Crippen LogP contribution in [0.25, 0.3) is 0 Å². The second-order valence-electron chi connectivity index (χ2n) is 5.19. The molecule has 7 heteroatoms. The number of hydrogen-bond acceptors (Lipinski definition) is 5. The molecular weight excluding hydrogens is 284 g/mol. The van der Waals surface area contributed by atoms with Crippen LogP contribution in [0, 0.1) is 5.92 Å². The highest BCUT2D eigenvalue weighted by molar-refractivity contribution is 5.99. The molecule has 2 heterocycles. The number of carbonyl (C=O) groups is 2. The molecule has 0 bridgehead atoms. The lowest BCUT2D eigenvalue weighted by Gasteiger charge is -2.17. The molecular formula is C15H16N4O3. The van der Waals surface area contributed by atoms with Crippen LogP contribution < -0.4 is 4.90 Å². The molecule has 0 saturated carbocycles. The normalized spacial score (nSPS) is 17.8. The predicted octanol–water partition coefficient (Wildman–Crippen LogP) is 0.852. The van der Waals surface area contributed by atoms with E-state index in [1.54, 1.807) is 15.9 Å². The Morgan fingerprint density at radius 1 is 1.45 bits per heavy atom. The molecule has 1 unspecified atom stereocenters. The maximum atomic E-state index is 12.1. The molecule has 1 aliphatic rings. The molecule has 1 aromatic carbocycles. The number of carbonyl (C=O) groups excluding carboxylic acids is 2. The van der Waals surface area contributed by atoms with Gasteiger partial charge in [-0.2, -0.15) is 5.10 Å². The van der Waals surface area contributed by atoms with Gasteiger partial charge in [-0.25, -0.2) is 9.67 Å². The number of aromatic nitrogens is 3. The fourth-order valence-electron chi connectivity index (χ4n) is 2.61. The predicted molar refractivity (Wildman–Crippen MR) is 78.0 cm³/mol. The summed E-state index contributed by atoms with van der Waals surface area (Å²) in [6.07, 6.45) is 3.32. The lowest BCUT2D eigenvalue weighted by molar-refractivity contribution is -0.145. The van der Waals surface area contributed by atoms with Gasteiger partial charge in [0.05, 0.1) is 19.6 Å². The van der Waals surface area contributed by atoms with Crippen LogP contribution in [0.2, 0.25) is 0 Å². The first-order chi connectivity index (χ1) is 10.7. The summed E-state index contributed by atoms with van der Waals surface area (Å²) in [5, 5.41) is 4.06. The van der Waals surface area contributed by atoms with Gasteiger partial charge in [-0.1, -0.05) is 12.1 Å². The van der Waals surface area contributed by atoms with Crippen LogP contribution in [-0.4, -0.2) is 40.3 Å². The average molecular weight is 300 g/mol. The van der Waals surface area contributed by atoms with E-state index in [-0.39, 0.29) is 18.3 Å². The van der Waals surface area contributed by atoms with Crippen LogP contribution in [0.1, 0.15) is 12.0 Å². The van der Waals surface area contributed by atoms with E-state index in [1.165, 1.54) is 13.4 Å². The smallest absolute Gasteiger partial charge is 0.311 e. The Bertz CT molecular complexity index is 684. The summed E-state index contributed by atoms with van der Waals surface area (Å²) < 4.78 is 6.43. The van der Waals surface area contributed by atoms with Crippen molar-refractivity contribution in [1.82, 2.24) is 14.8 Å². The largest absolute Gasteiger partial charge is 0.469 e. The van der Waals surface area contributed by atoms with Gasteiger partial charge < -0.3 is 9.64 Å². The summed E-state index contributed by atoms with van der Waals surface area (Å²) >= 11 is 0. The van der Waals surface area contributed by atoms with Crippen molar-refractivity contribution in [2.24, 2.45) is 5.92 Å². The maximum Gasteiger partial charge on any atom is 0.311 e. The quantitative estimate of drug-likeness (QED) is 0.782. The number of methoxy groups -OCH3 is 1. The maximum absolute atomic E-state index is 12.1. The molecule has 114 valence electrons. The third-order valence-corrected chi connectivity index (χ3v) is 3.69. The zero-order valence-electron chi connectivity index (χ0n) is 12.2. The van der Waals surface area contributed by atoms with Crippen LogP contribution in [0.5, 0.6) is 0 Å². The van der Waals surface area contributed by atoms with Crippen LogP contribution in [0.15, 0.2) is 36.9 Å².